The zero-order valence-corrected chi connectivity index (χ0v) is 25.2. The summed E-state index contributed by atoms with van der Waals surface area (Å²) in [6.07, 6.45) is 3.12. The molecule has 2 N–H and O–H groups in total. The third-order valence-electron chi connectivity index (χ3n) is 9.80. The van der Waals surface area contributed by atoms with E-state index in [9.17, 15) is 37.5 Å². The highest BCUT2D eigenvalue weighted by atomic mass is 19.4. The normalized spacial score (nSPS) is 23.3. The van der Waals surface area contributed by atoms with Gasteiger partial charge in [0.25, 0.3) is 5.91 Å². The number of carbonyl (C=O) groups is 4. The second-order valence-electron chi connectivity index (χ2n) is 13.2. The molecule has 9 nitrogen and oxygen atoms in total. The lowest BCUT2D eigenvalue weighted by molar-refractivity contribution is -0.193. The first-order valence-corrected chi connectivity index (χ1v) is 15.4. The number of nitrogens with one attached hydrogen (secondary N) is 1. The minimum atomic E-state index is -5.35. The molecule has 4 aliphatic carbocycles. The van der Waals surface area contributed by atoms with Crippen LogP contribution in [0.4, 0.5) is 18.9 Å². The van der Waals surface area contributed by atoms with Crippen LogP contribution in [0, 0.1) is 30.1 Å². The van der Waals surface area contributed by atoms with E-state index in [1.807, 2.05) is 31.2 Å². The molecule has 7 rings (SSSR count). The molecule has 242 valence electrons. The summed E-state index contributed by atoms with van der Waals surface area (Å²) in [4.78, 5) is 54.1. The fraction of sp³-hybridized carbons (Fsp3) is 0.441. The van der Waals surface area contributed by atoms with E-state index in [1.54, 1.807) is 4.57 Å². The van der Waals surface area contributed by atoms with Gasteiger partial charge in [0, 0.05) is 11.3 Å². The second-order valence-corrected chi connectivity index (χ2v) is 13.2. The third kappa shape index (κ3) is 6.43. The first kappa shape index (κ1) is 31.5. The Morgan fingerprint density at radius 2 is 1.65 bits per heavy atom. The number of esters is 2. The maximum atomic E-state index is 13.9. The Morgan fingerprint density at radius 1 is 1.00 bits per heavy atom. The van der Waals surface area contributed by atoms with Crippen LogP contribution in [0.5, 0.6) is 0 Å². The number of aryl methyl sites for hydroxylation is 1. The van der Waals surface area contributed by atoms with Gasteiger partial charge in [0.2, 0.25) is 0 Å². The van der Waals surface area contributed by atoms with Crippen LogP contribution in [-0.4, -0.2) is 44.6 Å². The monoisotopic (exact) mass is 637 g/mol. The number of alkyl halides is 3. The first-order chi connectivity index (χ1) is 21.8. The number of nitrogens with zero attached hydrogens (tertiary/aromatic N) is 2. The predicted octanol–water partition coefficient (Wildman–Crippen LogP) is 6.59. The Morgan fingerprint density at radius 3 is 2.26 bits per heavy atom. The number of amides is 1. The Labute approximate surface area is 263 Å². The van der Waals surface area contributed by atoms with Crippen molar-refractivity contribution in [1.29, 1.82) is 0 Å². The van der Waals surface area contributed by atoms with Crippen molar-refractivity contribution in [1.82, 2.24) is 9.55 Å². The summed E-state index contributed by atoms with van der Waals surface area (Å²) in [5.41, 5.74) is 1.86. The molecule has 0 radical (unpaired) electrons. The fourth-order valence-corrected chi connectivity index (χ4v) is 8.35. The largest absolute Gasteiger partial charge is 0.491 e. The van der Waals surface area contributed by atoms with Crippen LogP contribution >= 0.6 is 0 Å². The number of carboxylic acid groups (broad SMARTS) is 1. The maximum absolute atomic E-state index is 13.9. The van der Waals surface area contributed by atoms with Crippen molar-refractivity contribution in [2.45, 2.75) is 71.0 Å². The lowest BCUT2D eigenvalue weighted by Gasteiger charge is -2.57. The average molecular weight is 638 g/mol. The number of benzene rings is 2. The lowest BCUT2D eigenvalue weighted by atomic mass is 9.48. The van der Waals surface area contributed by atoms with Crippen LogP contribution in [0.2, 0.25) is 0 Å². The predicted molar refractivity (Wildman–Crippen MR) is 160 cm³/mol. The number of rotatable bonds is 9. The van der Waals surface area contributed by atoms with Gasteiger partial charge in [-0.1, -0.05) is 30.3 Å². The molecule has 1 amide bonds. The topological polar surface area (TPSA) is 128 Å². The van der Waals surface area contributed by atoms with Crippen molar-refractivity contribution in [2.75, 3.05) is 5.32 Å². The number of aromatic nitrogens is 2. The summed E-state index contributed by atoms with van der Waals surface area (Å²) in [6, 6.07) is 12.3. The molecule has 1 heterocycles. The highest BCUT2D eigenvalue weighted by Crippen LogP contribution is 2.61. The van der Waals surface area contributed by atoms with Gasteiger partial charge in [-0.2, -0.15) is 13.2 Å². The Balaban J connectivity index is 1.33. The number of hydrogen-bond donors (Lipinski definition) is 2. The van der Waals surface area contributed by atoms with Gasteiger partial charge in [0.15, 0.2) is 0 Å². The van der Waals surface area contributed by atoms with Gasteiger partial charge in [0.05, 0.1) is 11.3 Å². The van der Waals surface area contributed by atoms with Gasteiger partial charge in [-0.15, -0.1) is 0 Å². The molecule has 0 unspecified atom stereocenters. The molecule has 4 aliphatic rings. The van der Waals surface area contributed by atoms with E-state index in [0.29, 0.717) is 41.3 Å². The minimum Gasteiger partial charge on any atom is -0.480 e. The fourth-order valence-electron chi connectivity index (χ4n) is 8.35. The molecule has 0 atom stereocenters. The summed E-state index contributed by atoms with van der Waals surface area (Å²) < 4.78 is 43.3. The van der Waals surface area contributed by atoms with Crippen molar-refractivity contribution in [2.24, 2.45) is 23.2 Å². The SMILES string of the molecule is Cc1ccccc1-c1nc(C(=O)Nc2cccc(C(=O)OC(=O)C(F)(F)F)c2)c(CCC23CC4CC(CC(C4)C2)C3)n1CC(=O)O. The summed E-state index contributed by atoms with van der Waals surface area (Å²) in [7, 11) is 0. The number of carbonyl (C=O) groups excluding carboxylic acids is 3. The van der Waals surface area contributed by atoms with Crippen molar-refractivity contribution < 1.29 is 42.2 Å². The van der Waals surface area contributed by atoms with E-state index in [-0.39, 0.29) is 22.4 Å². The van der Waals surface area contributed by atoms with Crippen molar-refractivity contribution in [3.8, 4) is 11.4 Å². The quantitative estimate of drug-likeness (QED) is 0.200. The molecule has 4 bridgehead atoms. The van der Waals surface area contributed by atoms with Crippen LogP contribution in [0.1, 0.15) is 77.0 Å². The van der Waals surface area contributed by atoms with E-state index in [1.165, 1.54) is 31.4 Å². The molecule has 4 fully saturated rings. The van der Waals surface area contributed by atoms with Crippen molar-refractivity contribution in [3.63, 3.8) is 0 Å². The molecule has 4 saturated carbocycles. The zero-order valence-electron chi connectivity index (χ0n) is 25.2. The van der Waals surface area contributed by atoms with Gasteiger partial charge in [-0.05, 0) is 105 Å². The Hall–Kier alpha value is -4.48. The highest BCUT2D eigenvalue weighted by molar-refractivity contribution is 6.05. The van der Waals surface area contributed by atoms with Crippen LogP contribution in [0.25, 0.3) is 11.4 Å². The van der Waals surface area contributed by atoms with Gasteiger partial charge in [0.1, 0.15) is 18.1 Å². The van der Waals surface area contributed by atoms with E-state index < -0.39 is 36.5 Å². The molecule has 0 saturated heterocycles. The average Bonchev–Trinajstić information content (AvgIpc) is 3.32. The number of carboxylic acids is 1. The van der Waals surface area contributed by atoms with Gasteiger partial charge >= 0.3 is 24.1 Å². The molecular formula is C34H34F3N3O6. The zero-order chi connectivity index (χ0) is 32.8. The van der Waals surface area contributed by atoms with Crippen LogP contribution < -0.4 is 5.32 Å². The van der Waals surface area contributed by atoms with Crippen LogP contribution in [0.15, 0.2) is 48.5 Å². The summed E-state index contributed by atoms with van der Waals surface area (Å²) in [6.45, 7) is 1.47. The van der Waals surface area contributed by atoms with Crippen molar-refractivity contribution in [3.05, 3.63) is 71.0 Å². The smallest absolute Gasteiger partial charge is 0.480 e. The van der Waals surface area contributed by atoms with Gasteiger partial charge < -0.3 is 19.7 Å². The van der Waals surface area contributed by atoms with Crippen LogP contribution in [0.3, 0.4) is 0 Å². The molecule has 3 aromatic rings. The molecule has 0 aliphatic heterocycles. The first-order valence-electron chi connectivity index (χ1n) is 15.4. The van der Waals surface area contributed by atoms with Gasteiger partial charge in [-0.25, -0.2) is 14.6 Å². The molecule has 2 aromatic carbocycles. The molecule has 0 spiro atoms. The summed E-state index contributed by atoms with van der Waals surface area (Å²) in [5, 5.41) is 12.6. The maximum Gasteiger partial charge on any atom is 0.491 e. The molecule has 1 aromatic heterocycles. The number of imidazole rings is 1. The standard InChI is InChI=1S/C34H34F3N3O6/c1-19-5-2-3-8-25(19)29-39-28(30(43)38-24-7-4-6-23(14-24)31(44)46-32(45)34(35,36)37)26(40(29)18-27(41)42)9-10-33-15-20-11-21(16-33)13-22(12-20)17-33/h2-8,14,20-22H,9-13,15-18H2,1H3,(H,38,43)(H,41,42). The summed E-state index contributed by atoms with van der Waals surface area (Å²) in [5.74, 6) is -3.45. The Kier molecular flexibility index (Phi) is 8.24. The molecule has 12 heteroatoms. The lowest BCUT2D eigenvalue weighted by Crippen LogP contribution is -2.46. The van der Waals surface area contributed by atoms with E-state index in [4.69, 9.17) is 4.98 Å². The number of hydrogen-bond acceptors (Lipinski definition) is 6. The number of aliphatic carboxylic acids is 1. The van der Waals surface area contributed by atoms with Crippen LogP contribution in [-0.2, 0) is 27.3 Å². The van der Waals surface area contributed by atoms with Crippen molar-refractivity contribution >= 4 is 29.5 Å². The minimum absolute atomic E-state index is 0.0319. The van der Waals surface area contributed by atoms with E-state index in [0.717, 1.165) is 43.4 Å². The molecular weight excluding hydrogens is 603 g/mol. The third-order valence-corrected chi connectivity index (χ3v) is 9.80. The Bertz CT molecular complexity index is 1680. The second kappa shape index (κ2) is 12.0. The van der Waals surface area contributed by atoms with Gasteiger partial charge in [-0.3, -0.25) is 9.59 Å². The number of halogens is 3. The van der Waals surface area contributed by atoms with E-state index in [2.05, 4.69) is 10.1 Å². The number of anilines is 1. The van der Waals surface area contributed by atoms with E-state index >= 15 is 0 Å². The highest BCUT2D eigenvalue weighted by Gasteiger charge is 2.50. The molecule has 46 heavy (non-hydrogen) atoms. The number of ether oxygens (including phenoxy) is 1. The summed E-state index contributed by atoms with van der Waals surface area (Å²) >= 11 is 0.